The van der Waals surface area contributed by atoms with Crippen LogP contribution in [0.2, 0.25) is 0 Å². The summed E-state index contributed by atoms with van der Waals surface area (Å²) in [4.78, 5) is 0. The molecular weight excluding hydrogens is 370 g/mol. The van der Waals surface area contributed by atoms with Crippen LogP contribution in [0.4, 0.5) is 17.6 Å². The van der Waals surface area contributed by atoms with Gasteiger partial charge in [0.1, 0.15) is 5.75 Å². The number of aryl methyl sites for hydroxylation is 1. The first-order valence-electron chi connectivity index (χ1n) is 7.48. The molecule has 0 amide bonds. The Labute approximate surface area is 151 Å². The SMILES string of the molecule is Cc1cccc(-n2c(-c3cccc(OC(F)(F)C(F)F)c3)n[nH]c2=S)c1. The minimum atomic E-state index is -4.58. The van der Waals surface area contributed by atoms with Crippen molar-refractivity contribution in [3.05, 3.63) is 58.9 Å². The van der Waals surface area contributed by atoms with Crippen LogP contribution in [-0.2, 0) is 0 Å². The third kappa shape index (κ3) is 3.62. The summed E-state index contributed by atoms with van der Waals surface area (Å²) in [5.41, 5.74) is 2.09. The van der Waals surface area contributed by atoms with E-state index < -0.39 is 18.3 Å². The molecule has 0 saturated heterocycles. The predicted molar refractivity (Wildman–Crippen MR) is 90.5 cm³/mol. The number of hydrogen-bond donors (Lipinski definition) is 1. The van der Waals surface area contributed by atoms with Crippen molar-refractivity contribution in [2.75, 3.05) is 0 Å². The van der Waals surface area contributed by atoms with Crippen LogP contribution in [0.1, 0.15) is 5.56 Å². The number of aromatic amines is 1. The molecule has 1 aromatic heterocycles. The summed E-state index contributed by atoms with van der Waals surface area (Å²) in [5, 5.41) is 6.77. The van der Waals surface area contributed by atoms with E-state index in [1.54, 1.807) is 10.6 Å². The van der Waals surface area contributed by atoms with E-state index in [9.17, 15) is 17.6 Å². The van der Waals surface area contributed by atoms with Gasteiger partial charge < -0.3 is 4.74 Å². The van der Waals surface area contributed by atoms with E-state index in [1.807, 2.05) is 31.2 Å². The van der Waals surface area contributed by atoms with Gasteiger partial charge in [-0.25, -0.2) is 0 Å². The van der Waals surface area contributed by atoms with E-state index in [4.69, 9.17) is 12.2 Å². The first kappa shape index (κ1) is 18.1. The highest BCUT2D eigenvalue weighted by Gasteiger charge is 2.44. The van der Waals surface area contributed by atoms with E-state index in [-0.39, 0.29) is 0 Å². The molecule has 0 aliphatic heterocycles. The number of hydrogen-bond acceptors (Lipinski definition) is 3. The van der Waals surface area contributed by atoms with Crippen LogP contribution >= 0.6 is 12.2 Å². The molecule has 0 spiro atoms. The van der Waals surface area contributed by atoms with Crippen LogP contribution in [0.5, 0.6) is 5.75 Å². The van der Waals surface area contributed by atoms with Crippen LogP contribution in [0.3, 0.4) is 0 Å². The van der Waals surface area contributed by atoms with Gasteiger partial charge >= 0.3 is 12.5 Å². The second-order valence-electron chi connectivity index (χ2n) is 5.52. The van der Waals surface area contributed by atoms with Gasteiger partial charge in [-0.05, 0) is 49.0 Å². The van der Waals surface area contributed by atoms with Crippen molar-refractivity contribution in [3.63, 3.8) is 0 Å². The lowest BCUT2D eigenvalue weighted by molar-refractivity contribution is -0.253. The average Bonchev–Trinajstić information content (AvgIpc) is 2.96. The molecule has 3 rings (SSSR count). The number of nitrogens with one attached hydrogen (secondary N) is 1. The van der Waals surface area contributed by atoms with E-state index in [2.05, 4.69) is 14.9 Å². The number of alkyl halides is 4. The summed E-state index contributed by atoms with van der Waals surface area (Å²) in [6.45, 7) is 1.91. The molecule has 0 saturated carbocycles. The lowest BCUT2D eigenvalue weighted by Crippen LogP contribution is -2.33. The number of rotatable bonds is 5. The number of benzene rings is 2. The van der Waals surface area contributed by atoms with Crippen molar-refractivity contribution in [3.8, 4) is 22.8 Å². The highest BCUT2D eigenvalue weighted by Crippen LogP contribution is 2.30. The predicted octanol–water partition coefficient (Wildman–Crippen LogP) is 5.14. The Morgan fingerprint density at radius 3 is 2.58 bits per heavy atom. The fourth-order valence-corrected chi connectivity index (χ4v) is 2.64. The molecule has 0 aliphatic carbocycles. The monoisotopic (exact) mass is 383 g/mol. The van der Waals surface area contributed by atoms with Gasteiger partial charge in [0, 0.05) is 5.56 Å². The second kappa shape index (κ2) is 6.91. The average molecular weight is 383 g/mol. The van der Waals surface area contributed by atoms with Crippen molar-refractivity contribution in [2.45, 2.75) is 19.5 Å². The van der Waals surface area contributed by atoms with E-state index in [0.717, 1.165) is 17.3 Å². The molecule has 0 fully saturated rings. The molecule has 1 heterocycles. The fraction of sp³-hybridized carbons (Fsp3) is 0.176. The molecular formula is C17H13F4N3OS. The summed E-state index contributed by atoms with van der Waals surface area (Å²) in [7, 11) is 0. The van der Waals surface area contributed by atoms with Crippen molar-refractivity contribution in [2.24, 2.45) is 0 Å². The number of nitrogens with zero attached hydrogens (tertiary/aromatic N) is 2. The molecule has 3 aromatic rings. The number of H-pyrrole nitrogens is 1. The lowest BCUT2D eigenvalue weighted by Gasteiger charge is -2.17. The normalized spacial score (nSPS) is 11.8. The maximum absolute atomic E-state index is 13.1. The molecule has 0 unspecified atom stereocenters. The molecule has 0 bridgehead atoms. The number of aromatic nitrogens is 3. The summed E-state index contributed by atoms with van der Waals surface area (Å²) in [6.07, 6.45) is -8.52. The van der Waals surface area contributed by atoms with Crippen LogP contribution in [0.25, 0.3) is 17.1 Å². The smallest absolute Gasteiger partial charge is 0.428 e. The minimum absolute atomic E-state index is 0.301. The van der Waals surface area contributed by atoms with Crippen molar-refractivity contribution >= 4 is 12.2 Å². The standard InChI is InChI=1S/C17H13F4N3OS/c1-10-4-2-6-12(8-10)24-14(22-23-16(24)26)11-5-3-7-13(9-11)25-17(20,21)15(18)19/h2-9,15H,1H3,(H,23,26). The maximum atomic E-state index is 13.1. The zero-order chi connectivity index (χ0) is 18.9. The Bertz CT molecular complexity index is 984. The lowest BCUT2D eigenvalue weighted by atomic mass is 10.2. The summed E-state index contributed by atoms with van der Waals surface area (Å²) >= 11 is 5.25. The zero-order valence-electron chi connectivity index (χ0n) is 13.4. The van der Waals surface area contributed by atoms with Gasteiger partial charge in [-0.1, -0.05) is 24.3 Å². The molecule has 0 radical (unpaired) electrons. The summed E-state index contributed by atoms with van der Waals surface area (Å²) < 4.78 is 57.0. The van der Waals surface area contributed by atoms with Crippen LogP contribution < -0.4 is 4.74 Å². The van der Waals surface area contributed by atoms with Gasteiger partial charge in [0.25, 0.3) is 0 Å². The van der Waals surface area contributed by atoms with Crippen molar-refractivity contribution in [1.82, 2.24) is 14.8 Å². The van der Waals surface area contributed by atoms with Crippen LogP contribution in [-0.4, -0.2) is 27.3 Å². The largest absolute Gasteiger partial charge is 0.461 e. The fourth-order valence-electron chi connectivity index (χ4n) is 2.40. The molecule has 26 heavy (non-hydrogen) atoms. The molecule has 0 aliphatic rings. The van der Waals surface area contributed by atoms with Gasteiger partial charge in [-0.15, -0.1) is 0 Å². The van der Waals surface area contributed by atoms with E-state index >= 15 is 0 Å². The molecule has 9 heteroatoms. The Morgan fingerprint density at radius 2 is 1.88 bits per heavy atom. The maximum Gasteiger partial charge on any atom is 0.461 e. The highest BCUT2D eigenvalue weighted by molar-refractivity contribution is 7.71. The van der Waals surface area contributed by atoms with Crippen molar-refractivity contribution < 1.29 is 22.3 Å². The molecule has 1 N–H and O–H groups in total. The zero-order valence-corrected chi connectivity index (χ0v) is 14.2. The number of halogens is 4. The Kier molecular flexibility index (Phi) is 4.82. The molecule has 2 aromatic carbocycles. The van der Waals surface area contributed by atoms with Gasteiger partial charge in [-0.3, -0.25) is 9.67 Å². The Morgan fingerprint density at radius 1 is 1.15 bits per heavy atom. The minimum Gasteiger partial charge on any atom is -0.428 e. The third-order valence-electron chi connectivity index (χ3n) is 3.53. The first-order valence-corrected chi connectivity index (χ1v) is 7.88. The van der Waals surface area contributed by atoms with Gasteiger partial charge in [0.2, 0.25) is 0 Å². The van der Waals surface area contributed by atoms with Crippen molar-refractivity contribution in [1.29, 1.82) is 0 Å². The Hall–Kier alpha value is -2.68. The van der Waals surface area contributed by atoms with Gasteiger partial charge in [0.05, 0.1) is 5.69 Å². The first-order chi connectivity index (χ1) is 12.3. The highest BCUT2D eigenvalue weighted by atomic mass is 32.1. The third-order valence-corrected chi connectivity index (χ3v) is 3.81. The quantitative estimate of drug-likeness (QED) is 0.490. The summed E-state index contributed by atoms with van der Waals surface area (Å²) in [6, 6.07) is 12.8. The van der Waals surface area contributed by atoms with Gasteiger partial charge in [0.15, 0.2) is 10.6 Å². The Balaban J connectivity index is 2.04. The summed E-state index contributed by atoms with van der Waals surface area (Å²) in [5.74, 6) is -0.0658. The van der Waals surface area contributed by atoms with E-state index in [0.29, 0.717) is 16.2 Å². The van der Waals surface area contributed by atoms with E-state index in [1.165, 1.54) is 12.1 Å². The molecule has 0 atom stereocenters. The van der Waals surface area contributed by atoms with Gasteiger partial charge in [-0.2, -0.15) is 22.7 Å². The molecule has 136 valence electrons. The number of ether oxygens (including phenoxy) is 1. The topological polar surface area (TPSA) is 42.8 Å². The second-order valence-corrected chi connectivity index (χ2v) is 5.91. The van der Waals surface area contributed by atoms with Crippen LogP contribution in [0.15, 0.2) is 48.5 Å². The van der Waals surface area contributed by atoms with Crippen LogP contribution in [0, 0.1) is 11.7 Å². The molecule has 4 nitrogen and oxygen atoms in total.